The van der Waals surface area contributed by atoms with Crippen LogP contribution < -0.4 is 5.69 Å². The molecular formula is C33H20N4O. The van der Waals surface area contributed by atoms with Crippen LogP contribution >= 0.6 is 0 Å². The maximum atomic E-state index is 13.7. The monoisotopic (exact) mass is 488 g/mol. The predicted molar refractivity (Wildman–Crippen MR) is 154 cm³/mol. The number of hydrogen-bond acceptors (Lipinski definition) is 3. The molecule has 0 aliphatic rings. The number of pyridine rings is 1. The molecule has 5 heteroatoms. The van der Waals surface area contributed by atoms with Crippen molar-refractivity contribution in [3.05, 3.63) is 132 Å². The fourth-order valence-corrected chi connectivity index (χ4v) is 5.70. The average Bonchev–Trinajstić information content (AvgIpc) is 3.31. The molecule has 0 N–H and O–H groups in total. The molecule has 0 unspecified atom stereocenters. The maximum Gasteiger partial charge on any atom is 0.357 e. The Labute approximate surface area is 216 Å². The van der Waals surface area contributed by atoms with Gasteiger partial charge in [-0.1, -0.05) is 97.1 Å². The van der Waals surface area contributed by atoms with Gasteiger partial charge in [-0.2, -0.15) is 9.97 Å². The van der Waals surface area contributed by atoms with Gasteiger partial charge in [-0.15, -0.1) is 0 Å². The summed E-state index contributed by atoms with van der Waals surface area (Å²) in [5.41, 5.74) is 5.26. The van der Waals surface area contributed by atoms with Crippen molar-refractivity contribution in [1.82, 2.24) is 18.9 Å². The lowest BCUT2D eigenvalue weighted by molar-refractivity contribution is 0.906. The van der Waals surface area contributed by atoms with Crippen molar-refractivity contribution in [2.75, 3.05) is 0 Å². The summed E-state index contributed by atoms with van der Waals surface area (Å²) in [4.78, 5) is 23.3. The molecule has 0 fully saturated rings. The van der Waals surface area contributed by atoms with Crippen molar-refractivity contribution in [3.8, 4) is 17.1 Å². The van der Waals surface area contributed by atoms with E-state index < -0.39 is 0 Å². The van der Waals surface area contributed by atoms with E-state index in [9.17, 15) is 4.79 Å². The molecule has 38 heavy (non-hydrogen) atoms. The minimum Gasteiger partial charge on any atom is -0.278 e. The Balaban J connectivity index is 1.49. The lowest BCUT2D eigenvalue weighted by atomic mass is 10.0. The van der Waals surface area contributed by atoms with Crippen LogP contribution in [0.3, 0.4) is 0 Å². The van der Waals surface area contributed by atoms with E-state index in [1.54, 1.807) is 4.40 Å². The Hall–Kier alpha value is -5.29. The quantitative estimate of drug-likeness (QED) is 0.243. The molecule has 8 rings (SSSR count). The minimum atomic E-state index is -0.348. The first-order valence-electron chi connectivity index (χ1n) is 12.6. The lowest BCUT2D eigenvalue weighted by Gasteiger charge is -2.12. The molecule has 0 saturated heterocycles. The smallest absolute Gasteiger partial charge is 0.278 e. The molecule has 0 radical (unpaired) electrons. The number of para-hydroxylation sites is 2. The summed E-state index contributed by atoms with van der Waals surface area (Å²) in [5, 5.41) is 5.15. The largest absolute Gasteiger partial charge is 0.357 e. The highest BCUT2D eigenvalue weighted by atomic mass is 16.1. The molecule has 0 saturated carbocycles. The molecule has 8 aromatic rings. The SMILES string of the molecule is O=c1nc(-n2c3ccccc3c3cc(-c4ccccc4)ccc32)nc2c3ccccc3c3ccccc3n12. The van der Waals surface area contributed by atoms with Gasteiger partial charge in [0.1, 0.15) is 0 Å². The molecule has 0 aliphatic heterocycles. The van der Waals surface area contributed by atoms with Crippen molar-refractivity contribution >= 4 is 49.1 Å². The Kier molecular flexibility index (Phi) is 4.31. The zero-order valence-electron chi connectivity index (χ0n) is 20.2. The Morgan fingerprint density at radius 1 is 0.474 bits per heavy atom. The van der Waals surface area contributed by atoms with Gasteiger partial charge in [0.2, 0.25) is 5.95 Å². The first-order valence-corrected chi connectivity index (χ1v) is 12.6. The third-order valence-electron chi connectivity index (χ3n) is 7.39. The van der Waals surface area contributed by atoms with E-state index in [-0.39, 0.29) is 5.69 Å². The van der Waals surface area contributed by atoms with Gasteiger partial charge in [-0.3, -0.25) is 4.57 Å². The van der Waals surface area contributed by atoms with Gasteiger partial charge in [0, 0.05) is 21.5 Å². The number of rotatable bonds is 2. The summed E-state index contributed by atoms with van der Waals surface area (Å²) in [6.45, 7) is 0. The van der Waals surface area contributed by atoms with Crippen LogP contribution in [0.5, 0.6) is 0 Å². The zero-order valence-corrected chi connectivity index (χ0v) is 20.2. The van der Waals surface area contributed by atoms with Gasteiger partial charge in [0.05, 0.1) is 16.6 Å². The number of benzene rings is 5. The summed E-state index contributed by atoms with van der Waals surface area (Å²) >= 11 is 0. The average molecular weight is 489 g/mol. The first kappa shape index (κ1) is 20.9. The number of fused-ring (bicyclic) bond motifs is 9. The second kappa shape index (κ2) is 7.85. The van der Waals surface area contributed by atoms with Crippen molar-refractivity contribution < 1.29 is 0 Å². The van der Waals surface area contributed by atoms with Crippen molar-refractivity contribution in [2.24, 2.45) is 0 Å². The van der Waals surface area contributed by atoms with Crippen molar-refractivity contribution in [2.45, 2.75) is 0 Å². The normalized spacial score (nSPS) is 11.8. The van der Waals surface area contributed by atoms with Gasteiger partial charge in [-0.05, 0) is 40.8 Å². The summed E-state index contributed by atoms with van der Waals surface area (Å²) in [5.74, 6) is 0.370. The molecule has 0 atom stereocenters. The number of hydrogen-bond donors (Lipinski definition) is 0. The third-order valence-corrected chi connectivity index (χ3v) is 7.39. The highest BCUT2D eigenvalue weighted by Crippen LogP contribution is 2.34. The van der Waals surface area contributed by atoms with Gasteiger partial charge >= 0.3 is 5.69 Å². The van der Waals surface area contributed by atoms with Crippen molar-refractivity contribution in [3.63, 3.8) is 0 Å². The zero-order chi connectivity index (χ0) is 25.2. The van der Waals surface area contributed by atoms with Crippen LogP contribution in [0, 0.1) is 0 Å². The summed E-state index contributed by atoms with van der Waals surface area (Å²) < 4.78 is 3.63. The van der Waals surface area contributed by atoms with Crippen LogP contribution in [0.25, 0.3) is 66.2 Å². The lowest BCUT2D eigenvalue weighted by Crippen LogP contribution is -2.22. The van der Waals surface area contributed by atoms with E-state index in [1.165, 1.54) is 0 Å². The van der Waals surface area contributed by atoms with E-state index in [2.05, 4.69) is 53.5 Å². The van der Waals surface area contributed by atoms with Gasteiger partial charge in [0.25, 0.3) is 0 Å². The summed E-state index contributed by atoms with van der Waals surface area (Å²) in [6.07, 6.45) is 0. The van der Waals surface area contributed by atoms with Gasteiger partial charge < -0.3 is 0 Å². The van der Waals surface area contributed by atoms with Gasteiger partial charge in [0.15, 0.2) is 5.65 Å². The van der Waals surface area contributed by atoms with Crippen molar-refractivity contribution in [1.29, 1.82) is 0 Å². The van der Waals surface area contributed by atoms with E-state index in [1.807, 2.05) is 77.4 Å². The van der Waals surface area contributed by atoms with Gasteiger partial charge in [-0.25, -0.2) is 9.20 Å². The molecule has 5 nitrogen and oxygen atoms in total. The molecule has 0 aliphatic carbocycles. The highest BCUT2D eigenvalue weighted by Gasteiger charge is 2.18. The van der Waals surface area contributed by atoms with Crippen LogP contribution in [0.2, 0.25) is 0 Å². The third kappa shape index (κ3) is 2.90. The van der Waals surface area contributed by atoms with Crippen LogP contribution in [0.4, 0.5) is 0 Å². The van der Waals surface area contributed by atoms with E-state index in [4.69, 9.17) is 4.98 Å². The fourth-order valence-electron chi connectivity index (χ4n) is 5.70. The van der Waals surface area contributed by atoms with Crippen LogP contribution in [0.1, 0.15) is 0 Å². The fraction of sp³-hybridized carbons (Fsp3) is 0. The number of nitrogens with zero attached hydrogens (tertiary/aromatic N) is 4. The molecule has 178 valence electrons. The number of aromatic nitrogens is 4. The molecule has 0 spiro atoms. The van der Waals surface area contributed by atoms with Crippen LogP contribution in [0.15, 0.2) is 126 Å². The van der Waals surface area contributed by atoms with E-state index in [0.29, 0.717) is 11.6 Å². The second-order valence-electron chi connectivity index (χ2n) is 9.48. The Morgan fingerprint density at radius 3 is 1.87 bits per heavy atom. The Morgan fingerprint density at radius 2 is 1.08 bits per heavy atom. The molecular weight excluding hydrogens is 468 g/mol. The predicted octanol–water partition coefficient (Wildman–Crippen LogP) is 7.16. The maximum absolute atomic E-state index is 13.7. The Bertz CT molecular complexity index is 2260. The summed E-state index contributed by atoms with van der Waals surface area (Å²) in [6, 6.07) is 41.0. The summed E-state index contributed by atoms with van der Waals surface area (Å²) in [7, 11) is 0. The topological polar surface area (TPSA) is 52.2 Å². The minimum absolute atomic E-state index is 0.348. The van der Waals surface area contributed by atoms with Crippen LogP contribution in [-0.4, -0.2) is 18.9 Å². The van der Waals surface area contributed by atoms with E-state index >= 15 is 0 Å². The second-order valence-corrected chi connectivity index (χ2v) is 9.48. The first-order chi connectivity index (χ1) is 18.8. The molecule has 0 bridgehead atoms. The molecule has 3 heterocycles. The standard InChI is InChI=1S/C33H20N4O/c38-33-35-32(34-31-26-15-5-4-12-23(26)24-13-6-9-17-29(24)37(31)33)36-28-16-8-7-14-25(28)27-20-22(18-19-30(27)36)21-10-2-1-3-11-21/h1-20H. The molecule has 5 aromatic carbocycles. The molecule has 3 aromatic heterocycles. The highest BCUT2D eigenvalue weighted by molar-refractivity contribution is 6.12. The molecule has 0 amide bonds. The van der Waals surface area contributed by atoms with E-state index in [0.717, 1.165) is 54.6 Å². The van der Waals surface area contributed by atoms with Crippen LogP contribution in [-0.2, 0) is 0 Å².